The fourth-order valence-electron chi connectivity index (χ4n) is 4.63. The zero-order chi connectivity index (χ0) is 19.4. The molecular weight excluding hydrogens is 340 g/mol. The predicted molar refractivity (Wildman–Crippen MR) is 107 cm³/mol. The summed E-state index contributed by atoms with van der Waals surface area (Å²) in [5.41, 5.74) is 1.71. The quantitative estimate of drug-likeness (QED) is 0.883. The van der Waals surface area contributed by atoms with Crippen LogP contribution in [0.4, 0.5) is 4.79 Å². The summed E-state index contributed by atoms with van der Waals surface area (Å²) in [6.07, 6.45) is 3.27. The first-order chi connectivity index (χ1) is 12.9. The average molecular weight is 373 g/mol. The van der Waals surface area contributed by atoms with Crippen LogP contribution in [-0.4, -0.2) is 80.5 Å². The van der Waals surface area contributed by atoms with Gasteiger partial charge >= 0.3 is 6.03 Å². The third-order valence-corrected chi connectivity index (χ3v) is 6.06. The van der Waals surface area contributed by atoms with Gasteiger partial charge in [0.1, 0.15) is 0 Å². The van der Waals surface area contributed by atoms with Crippen LogP contribution in [-0.2, 0) is 4.79 Å². The molecule has 3 rings (SSSR count). The van der Waals surface area contributed by atoms with E-state index in [1.807, 2.05) is 4.90 Å². The van der Waals surface area contributed by atoms with E-state index in [4.69, 9.17) is 0 Å². The Labute approximate surface area is 162 Å². The van der Waals surface area contributed by atoms with Gasteiger partial charge in [-0.25, -0.2) is 4.79 Å². The van der Waals surface area contributed by atoms with Crippen molar-refractivity contribution in [2.24, 2.45) is 5.41 Å². The number of carbonyl (C=O) groups excluding carboxylic acids is 2. The molecule has 2 aliphatic heterocycles. The van der Waals surface area contributed by atoms with E-state index < -0.39 is 0 Å². The van der Waals surface area contributed by atoms with Crippen LogP contribution >= 0.6 is 0 Å². The lowest BCUT2D eigenvalue weighted by atomic mass is 9.68. The molecule has 1 N–H and O–H groups in total. The lowest BCUT2D eigenvalue weighted by molar-refractivity contribution is -0.133. The summed E-state index contributed by atoms with van der Waals surface area (Å²) in [6.45, 7) is 3.86. The fraction of sp³-hybridized carbons (Fsp3) is 0.619. The molecule has 148 valence electrons. The molecular formula is C21H32N4O2. The number of nitrogens with zero attached hydrogens (tertiary/aromatic N) is 3. The number of hydrogen-bond acceptors (Lipinski definition) is 3. The first-order valence-electron chi connectivity index (χ1n) is 9.85. The summed E-state index contributed by atoms with van der Waals surface area (Å²) >= 11 is 0. The van der Waals surface area contributed by atoms with Gasteiger partial charge in [0.25, 0.3) is 0 Å². The SMILES string of the molecule is CN1C[C@H](c2ccccc2)CC2(CCN(C(=O)CNC(=O)N(C)C)CC2)C1. The number of rotatable bonds is 3. The van der Waals surface area contributed by atoms with Crippen molar-refractivity contribution in [3.63, 3.8) is 0 Å². The molecule has 0 aliphatic carbocycles. The highest BCUT2D eigenvalue weighted by molar-refractivity contribution is 5.83. The molecule has 27 heavy (non-hydrogen) atoms. The van der Waals surface area contributed by atoms with Crippen molar-refractivity contribution in [1.29, 1.82) is 0 Å². The molecule has 2 fully saturated rings. The Hall–Kier alpha value is -2.08. The molecule has 0 saturated carbocycles. The number of hydrogen-bond donors (Lipinski definition) is 1. The van der Waals surface area contributed by atoms with E-state index in [-0.39, 0.29) is 23.9 Å². The van der Waals surface area contributed by atoms with Gasteiger partial charge in [-0.3, -0.25) is 4.79 Å². The molecule has 2 heterocycles. The molecule has 0 aromatic heterocycles. The second-order valence-corrected chi connectivity index (χ2v) is 8.44. The van der Waals surface area contributed by atoms with Gasteiger partial charge in [0.15, 0.2) is 0 Å². The third kappa shape index (κ3) is 4.80. The topological polar surface area (TPSA) is 55.9 Å². The van der Waals surface area contributed by atoms with Gasteiger partial charge in [-0.2, -0.15) is 0 Å². The van der Waals surface area contributed by atoms with Crippen molar-refractivity contribution in [3.8, 4) is 0 Å². The summed E-state index contributed by atoms with van der Waals surface area (Å²) in [5.74, 6) is 0.579. The largest absolute Gasteiger partial charge is 0.341 e. The number of piperidine rings is 2. The Morgan fingerprint density at radius 3 is 2.48 bits per heavy atom. The maximum atomic E-state index is 12.4. The van der Waals surface area contributed by atoms with Crippen molar-refractivity contribution in [3.05, 3.63) is 35.9 Å². The van der Waals surface area contributed by atoms with Gasteiger partial charge in [0.05, 0.1) is 6.54 Å². The molecule has 2 saturated heterocycles. The van der Waals surface area contributed by atoms with E-state index in [0.717, 1.165) is 39.0 Å². The molecule has 1 spiro atoms. The molecule has 6 nitrogen and oxygen atoms in total. The summed E-state index contributed by atoms with van der Waals surface area (Å²) in [5, 5.41) is 2.67. The van der Waals surface area contributed by atoms with Crippen LogP contribution in [0.25, 0.3) is 0 Å². The highest BCUT2D eigenvalue weighted by Gasteiger charge is 2.42. The van der Waals surface area contributed by atoms with E-state index in [1.54, 1.807) is 14.1 Å². The number of carbonyl (C=O) groups is 2. The number of nitrogens with one attached hydrogen (secondary N) is 1. The average Bonchev–Trinajstić information content (AvgIpc) is 2.66. The van der Waals surface area contributed by atoms with Gasteiger partial charge in [-0.1, -0.05) is 30.3 Å². The summed E-state index contributed by atoms with van der Waals surface area (Å²) in [4.78, 5) is 29.9. The van der Waals surface area contributed by atoms with E-state index in [0.29, 0.717) is 5.92 Å². The number of likely N-dealkylation sites (N-methyl/N-ethyl adjacent to an activating group) is 1. The van der Waals surface area contributed by atoms with Crippen molar-refractivity contribution < 1.29 is 9.59 Å². The van der Waals surface area contributed by atoms with Crippen LogP contribution in [0.1, 0.15) is 30.7 Å². The lowest BCUT2D eigenvalue weighted by Gasteiger charge is -2.49. The number of urea groups is 1. The van der Waals surface area contributed by atoms with Crippen LogP contribution < -0.4 is 5.32 Å². The van der Waals surface area contributed by atoms with Crippen LogP contribution in [0, 0.1) is 5.41 Å². The van der Waals surface area contributed by atoms with E-state index in [1.165, 1.54) is 16.9 Å². The van der Waals surface area contributed by atoms with E-state index in [2.05, 4.69) is 47.6 Å². The molecule has 2 aliphatic rings. The van der Waals surface area contributed by atoms with Gasteiger partial charge in [0, 0.05) is 40.3 Å². The molecule has 0 unspecified atom stereocenters. The van der Waals surface area contributed by atoms with Crippen LogP contribution in [0.15, 0.2) is 30.3 Å². The Morgan fingerprint density at radius 2 is 1.85 bits per heavy atom. The molecule has 0 radical (unpaired) electrons. The van der Waals surface area contributed by atoms with Crippen LogP contribution in [0.5, 0.6) is 0 Å². The summed E-state index contributed by atoms with van der Waals surface area (Å²) in [6, 6.07) is 10.6. The third-order valence-electron chi connectivity index (χ3n) is 6.06. The molecule has 1 atom stereocenters. The van der Waals surface area contributed by atoms with E-state index >= 15 is 0 Å². The summed E-state index contributed by atoms with van der Waals surface area (Å²) < 4.78 is 0. The summed E-state index contributed by atoms with van der Waals surface area (Å²) in [7, 11) is 5.56. The zero-order valence-corrected chi connectivity index (χ0v) is 16.8. The van der Waals surface area contributed by atoms with E-state index in [9.17, 15) is 9.59 Å². The number of amides is 3. The standard InChI is InChI=1S/C21H32N4O2/c1-23(2)20(27)22-14-19(26)25-11-9-21(10-12-25)13-18(15-24(3)16-21)17-7-5-4-6-8-17/h4-8,18H,9-16H2,1-3H3,(H,22,27)/t18-/m1/s1. The Balaban J connectivity index is 1.57. The molecule has 3 amide bonds. The minimum absolute atomic E-state index is 0.0174. The second-order valence-electron chi connectivity index (χ2n) is 8.44. The normalized spacial score (nSPS) is 22.5. The number of likely N-dealkylation sites (tertiary alicyclic amines) is 2. The second kappa shape index (κ2) is 8.30. The van der Waals surface area contributed by atoms with Gasteiger partial charge in [0.2, 0.25) is 5.91 Å². The molecule has 0 bridgehead atoms. The first-order valence-corrected chi connectivity index (χ1v) is 9.85. The van der Waals surface area contributed by atoms with Crippen LogP contribution in [0.2, 0.25) is 0 Å². The van der Waals surface area contributed by atoms with Crippen molar-refractivity contribution in [2.75, 3.05) is 53.9 Å². The Bertz CT molecular complexity index is 653. The molecule has 1 aromatic carbocycles. The molecule has 1 aromatic rings. The zero-order valence-electron chi connectivity index (χ0n) is 16.8. The highest BCUT2D eigenvalue weighted by atomic mass is 16.2. The minimum atomic E-state index is -0.226. The van der Waals surface area contributed by atoms with Gasteiger partial charge < -0.3 is 20.0 Å². The minimum Gasteiger partial charge on any atom is -0.341 e. The lowest BCUT2D eigenvalue weighted by Crippen LogP contribution is -2.53. The van der Waals surface area contributed by atoms with Crippen molar-refractivity contribution >= 4 is 11.9 Å². The fourth-order valence-corrected chi connectivity index (χ4v) is 4.63. The number of benzene rings is 1. The monoisotopic (exact) mass is 372 g/mol. The Kier molecular flexibility index (Phi) is 6.05. The maximum Gasteiger partial charge on any atom is 0.317 e. The molecule has 6 heteroatoms. The van der Waals surface area contributed by atoms with Gasteiger partial charge in [-0.15, -0.1) is 0 Å². The van der Waals surface area contributed by atoms with Crippen molar-refractivity contribution in [1.82, 2.24) is 20.0 Å². The smallest absolute Gasteiger partial charge is 0.317 e. The van der Waals surface area contributed by atoms with Crippen molar-refractivity contribution in [2.45, 2.75) is 25.2 Å². The maximum absolute atomic E-state index is 12.4. The Morgan fingerprint density at radius 1 is 1.19 bits per heavy atom. The first kappa shape index (κ1) is 19.7. The highest BCUT2D eigenvalue weighted by Crippen LogP contribution is 2.44. The van der Waals surface area contributed by atoms with Gasteiger partial charge in [-0.05, 0) is 43.2 Å². The van der Waals surface area contributed by atoms with Crippen LogP contribution in [0.3, 0.4) is 0 Å². The predicted octanol–water partition coefficient (Wildman–Crippen LogP) is 1.99.